The van der Waals surface area contributed by atoms with Gasteiger partial charge in [-0.25, -0.2) is 12.8 Å². The van der Waals surface area contributed by atoms with Crippen LogP contribution in [0.4, 0.5) is 10.1 Å². The van der Waals surface area contributed by atoms with Crippen LogP contribution in [-0.2, 0) is 19.6 Å². The second-order valence-corrected chi connectivity index (χ2v) is 9.87. The van der Waals surface area contributed by atoms with Crippen LogP contribution in [0.1, 0.15) is 36.8 Å². The van der Waals surface area contributed by atoms with Crippen molar-refractivity contribution in [2.45, 2.75) is 50.5 Å². The summed E-state index contributed by atoms with van der Waals surface area (Å²) >= 11 is 0. The van der Waals surface area contributed by atoms with E-state index in [9.17, 15) is 22.4 Å². The summed E-state index contributed by atoms with van der Waals surface area (Å²) in [5.74, 6) is -2.50. The molecule has 1 aliphatic heterocycles. The third kappa shape index (κ3) is 5.52. The van der Waals surface area contributed by atoms with Gasteiger partial charge in [-0.05, 0) is 62.4 Å². The highest BCUT2D eigenvalue weighted by Gasteiger charge is 2.34. The fourth-order valence-corrected chi connectivity index (χ4v) is 5.90. The van der Waals surface area contributed by atoms with Crippen molar-refractivity contribution in [3.8, 4) is 0 Å². The standard InChI is InChI=1S/C23H28FN3O4S/c1-16-10-11-17(2)21(15-16)32(30,31)27-14-6-5-7-18(27)12-13-25-22(28)23(29)26-20-9-4-3-8-19(20)24/h3-4,8-11,15,18H,5-7,12-14H2,1-2H3,(H,25,28)(H,26,29). The maximum atomic E-state index is 13.6. The first-order chi connectivity index (χ1) is 15.2. The van der Waals surface area contributed by atoms with E-state index >= 15 is 0 Å². The first-order valence-electron chi connectivity index (χ1n) is 10.6. The monoisotopic (exact) mass is 461 g/mol. The van der Waals surface area contributed by atoms with E-state index in [-0.39, 0.29) is 18.3 Å². The Labute approximate surface area is 188 Å². The molecule has 0 saturated carbocycles. The zero-order chi connectivity index (χ0) is 23.3. The Morgan fingerprint density at radius 1 is 1.09 bits per heavy atom. The molecule has 3 rings (SSSR count). The zero-order valence-corrected chi connectivity index (χ0v) is 19.0. The lowest BCUT2D eigenvalue weighted by Gasteiger charge is -2.35. The Morgan fingerprint density at radius 3 is 2.59 bits per heavy atom. The Morgan fingerprint density at radius 2 is 1.84 bits per heavy atom. The number of carbonyl (C=O) groups is 2. The van der Waals surface area contributed by atoms with Gasteiger partial charge in [-0.2, -0.15) is 4.31 Å². The van der Waals surface area contributed by atoms with Crippen molar-refractivity contribution in [1.29, 1.82) is 0 Å². The molecule has 0 aromatic heterocycles. The quantitative estimate of drug-likeness (QED) is 0.646. The summed E-state index contributed by atoms with van der Waals surface area (Å²) in [4.78, 5) is 24.4. The molecule has 172 valence electrons. The predicted octanol–water partition coefficient (Wildman–Crippen LogP) is 3.13. The fourth-order valence-electron chi connectivity index (χ4n) is 3.86. The van der Waals surface area contributed by atoms with Gasteiger partial charge >= 0.3 is 11.8 Å². The van der Waals surface area contributed by atoms with E-state index in [1.165, 1.54) is 22.5 Å². The number of halogens is 1. The van der Waals surface area contributed by atoms with E-state index in [2.05, 4.69) is 10.6 Å². The normalized spacial score (nSPS) is 17.0. The van der Waals surface area contributed by atoms with Gasteiger partial charge in [0.15, 0.2) is 0 Å². The summed E-state index contributed by atoms with van der Waals surface area (Å²) in [6, 6.07) is 10.7. The van der Waals surface area contributed by atoms with Crippen molar-refractivity contribution in [2.24, 2.45) is 0 Å². The number of hydrogen-bond acceptors (Lipinski definition) is 4. The second-order valence-electron chi connectivity index (χ2n) is 8.01. The summed E-state index contributed by atoms with van der Waals surface area (Å²) in [5.41, 5.74) is 1.49. The van der Waals surface area contributed by atoms with Crippen LogP contribution in [0, 0.1) is 19.7 Å². The van der Waals surface area contributed by atoms with Crippen LogP contribution in [0.25, 0.3) is 0 Å². The number of rotatable bonds is 6. The number of carbonyl (C=O) groups excluding carboxylic acids is 2. The van der Waals surface area contributed by atoms with Crippen molar-refractivity contribution in [1.82, 2.24) is 9.62 Å². The smallest absolute Gasteiger partial charge is 0.313 e. The second kappa shape index (κ2) is 10.2. The highest BCUT2D eigenvalue weighted by atomic mass is 32.2. The maximum absolute atomic E-state index is 13.6. The molecule has 9 heteroatoms. The summed E-state index contributed by atoms with van der Waals surface area (Å²) in [5, 5.41) is 4.74. The van der Waals surface area contributed by atoms with Crippen molar-refractivity contribution < 1.29 is 22.4 Å². The molecule has 32 heavy (non-hydrogen) atoms. The predicted molar refractivity (Wildman–Crippen MR) is 120 cm³/mol. The fraction of sp³-hybridized carbons (Fsp3) is 0.391. The van der Waals surface area contributed by atoms with E-state index in [0.29, 0.717) is 29.8 Å². The SMILES string of the molecule is Cc1ccc(C)c(S(=O)(=O)N2CCCCC2CCNC(=O)C(=O)Nc2ccccc2F)c1. The van der Waals surface area contributed by atoms with Gasteiger partial charge in [0, 0.05) is 19.1 Å². The number of hydrogen-bond donors (Lipinski definition) is 2. The first kappa shape index (κ1) is 23.9. The number of nitrogens with one attached hydrogen (secondary N) is 2. The molecule has 2 aromatic carbocycles. The summed E-state index contributed by atoms with van der Waals surface area (Å²) in [6.45, 7) is 4.18. The van der Waals surface area contributed by atoms with E-state index in [1.54, 1.807) is 25.1 Å². The molecule has 1 unspecified atom stereocenters. The molecule has 1 atom stereocenters. The molecule has 7 nitrogen and oxygen atoms in total. The lowest BCUT2D eigenvalue weighted by atomic mass is 10.0. The molecule has 1 fully saturated rings. The number of benzene rings is 2. The van der Waals surface area contributed by atoms with Crippen molar-refractivity contribution in [2.75, 3.05) is 18.4 Å². The van der Waals surface area contributed by atoms with Gasteiger partial charge in [-0.3, -0.25) is 9.59 Å². The molecule has 0 radical (unpaired) electrons. The molecule has 0 spiro atoms. The molecule has 1 aliphatic rings. The topological polar surface area (TPSA) is 95.6 Å². The van der Waals surface area contributed by atoms with Gasteiger partial charge in [0.25, 0.3) is 0 Å². The lowest BCUT2D eigenvalue weighted by molar-refractivity contribution is -0.136. The Bertz CT molecular complexity index is 1100. The molecular weight excluding hydrogens is 433 g/mol. The number of piperidine rings is 1. The minimum absolute atomic E-state index is 0.0780. The van der Waals surface area contributed by atoms with Crippen LogP contribution in [0.3, 0.4) is 0 Å². The van der Waals surface area contributed by atoms with Crippen molar-refractivity contribution >= 4 is 27.5 Å². The van der Waals surface area contributed by atoms with Gasteiger partial charge in [0.1, 0.15) is 5.82 Å². The molecule has 0 aliphatic carbocycles. The van der Waals surface area contributed by atoms with Crippen molar-refractivity contribution in [3.05, 3.63) is 59.4 Å². The number of para-hydroxylation sites is 1. The number of anilines is 1. The van der Waals surface area contributed by atoms with Gasteiger partial charge in [-0.15, -0.1) is 0 Å². The van der Waals surface area contributed by atoms with Gasteiger partial charge < -0.3 is 10.6 Å². The summed E-state index contributed by atoms with van der Waals surface area (Å²) < 4.78 is 41.9. The highest BCUT2D eigenvalue weighted by Crippen LogP contribution is 2.29. The zero-order valence-electron chi connectivity index (χ0n) is 18.2. The van der Waals surface area contributed by atoms with E-state index in [4.69, 9.17) is 0 Å². The Balaban J connectivity index is 1.62. The highest BCUT2D eigenvalue weighted by molar-refractivity contribution is 7.89. The minimum atomic E-state index is -3.68. The van der Waals surface area contributed by atoms with E-state index < -0.39 is 27.7 Å². The van der Waals surface area contributed by atoms with Crippen LogP contribution >= 0.6 is 0 Å². The Kier molecular flexibility index (Phi) is 7.63. The van der Waals surface area contributed by atoms with E-state index in [1.807, 2.05) is 13.0 Å². The summed E-state index contributed by atoms with van der Waals surface area (Å²) in [6.07, 6.45) is 2.73. The Hall–Kier alpha value is -2.78. The minimum Gasteiger partial charge on any atom is -0.348 e. The third-order valence-corrected chi connectivity index (χ3v) is 7.69. The van der Waals surface area contributed by atoms with Crippen LogP contribution in [0.5, 0.6) is 0 Å². The van der Waals surface area contributed by atoms with Gasteiger partial charge in [0.05, 0.1) is 10.6 Å². The van der Waals surface area contributed by atoms with Gasteiger partial charge in [-0.1, -0.05) is 30.7 Å². The van der Waals surface area contributed by atoms with Crippen LogP contribution in [0.15, 0.2) is 47.4 Å². The number of sulfonamides is 1. The lowest BCUT2D eigenvalue weighted by Crippen LogP contribution is -2.46. The molecular formula is C23H28FN3O4S. The van der Waals surface area contributed by atoms with Crippen LogP contribution in [-0.4, -0.2) is 43.7 Å². The average molecular weight is 462 g/mol. The number of nitrogens with zero attached hydrogens (tertiary/aromatic N) is 1. The number of amides is 2. The molecule has 2 amide bonds. The maximum Gasteiger partial charge on any atom is 0.313 e. The number of aryl methyl sites for hydroxylation is 2. The largest absolute Gasteiger partial charge is 0.348 e. The van der Waals surface area contributed by atoms with Gasteiger partial charge in [0.2, 0.25) is 10.0 Å². The third-order valence-electron chi connectivity index (χ3n) is 5.59. The van der Waals surface area contributed by atoms with Crippen LogP contribution < -0.4 is 10.6 Å². The first-order valence-corrected chi connectivity index (χ1v) is 12.1. The van der Waals surface area contributed by atoms with E-state index in [0.717, 1.165) is 18.4 Å². The molecule has 2 aromatic rings. The van der Waals surface area contributed by atoms with Crippen LogP contribution in [0.2, 0.25) is 0 Å². The van der Waals surface area contributed by atoms with Crippen molar-refractivity contribution in [3.63, 3.8) is 0 Å². The summed E-state index contributed by atoms with van der Waals surface area (Å²) in [7, 11) is -3.68. The molecule has 1 heterocycles. The molecule has 1 saturated heterocycles. The molecule has 0 bridgehead atoms. The average Bonchev–Trinajstić information content (AvgIpc) is 2.77. The molecule has 2 N–H and O–H groups in total.